The molecule has 4 aliphatic heterocycles. The van der Waals surface area contributed by atoms with Gasteiger partial charge in [0.25, 0.3) is 17.7 Å². The van der Waals surface area contributed by atoms with Gasteiger partial charge in [-0.15, -0.1) is 0 Å². The summed E-state index contributed by atoms with van der Waals surface area (Å²) in [6.45, 7) is 13.7. The fraction of sp³-hybridized carbons (Fsp3) is 0.467. The number of piperazine rings is 1. The van der Waals surface area contributed by atoms with Gasteiger partial charge >= 0.3 is 0 Å². The first-order valence-electron chi connectivity index (χ1n) is 20.6. The lowest BCUT2D eigenvalue weighted by Crippen LogP contribution is -2.74. The molecule has 1 aliphatic carbocycles. The standard InChI is InChI=1S/C45H49ClFN7O6/c1-44(2)42(45(3,4)43(44)60-30-10-7-28(24-48)32(46)23-30)50-38(56)27-5-8-29(9-6-27)52-21-19-51(20-22-52)25-26-15-17-53(18-16-26)37-33(47)12-11-31-36(37)41(59)54(40(31)58)34-13-14-35(55)49-39(34)57/h5-12,23,26,34,42-43H,13-22,25H2,1-4H3,(H,50,56)(H,49,55,57)/t34?,42-,43-. The topological polar surface area (TPSA) is 155 Å². The maximum absolute atomic E-state index is 15.5. The summed E-state index contributed by atoms with van der Waals surface area (Å²) in [4.78, 5) is 72.2. The molecule has 1 unspecified atom stereocenters. The number of piperidine rings is 2. The molecule has 2 N–H and O–H groups in total. The number of carbonyl (C=O) groups is 5. The molecular formula is C45H49ClFN7O6. The Labute approximate surface area is 353 Å². The quantitative estimate of drug-likeness (QED) is 0.268. The summed E-state index contributed by atoms with van der Waals surface area (Å²) in [5.41, 5.74) is 1.46. The highest BCUT2D eigenvalue weighted by Gasteiger charge is 2.64. The number of carbonyl (C=O) groups excluding carboxylic acids is 5. The van der Waals surface area contributed by atoms with Gasteiger partial charge in [0.2, 0.25) is 11.8 Å². The van der Waals surface area contributed by atoms with Crippen LogP contribution in [0.15, 0.2) is 54.6 Å². The van der Waals surface area contributed by atoms with Gasteiger partial charge in [-0.3, -0.25) is 39.1 Å². The first-order valence-corrected chi connectivity index (χ1v) is 21.0. The van der Waals surface area contributed by atoms with Gasteiger partial charge in [0.1, 0.15) is 29.8 Å². The lowest BCUT2D eigenvalue weighted by atomic mass is 9.49. The molecule has 4 heterocycles. The van der Waals surface area contributed by atoms with E-state index in [0.29, 0.717) is 40.9 Å². The van der Waals surface area contributed by atoms with E-state index in [-0.39, 0.29) is 58.5 Å². The smallest absolute Gasteiger partial charge is 0.264 e. The van der Waals surface area contributed by atoms with Gasteiger partial charge in [-0.2, -0.15) is 5.26 Å². The van der Waals surface area contributed by atoms with Crippen LogP contribution in [0.1, 0.15) is 90.0 Å². The molecule has 60 heavy (non-hydrogen) atoms. The number of nitrogens with one attached hydrogen (secondary N) is 2. The summed E-state index contributed by atoms with van der Waals surface area (Å²) in [6, 6.07) is 16.1. The van der Waals surface area contributed by atoms with E-state index < -0.39 is 35.5 Å². The van der Waals surface area contributed by atoms with Crippen LogP contribution in [0, 0.1) is 33.9 Å². The SMILES string of the molecule is CC1(C)[C@H](NC(=O)c2ccc(N3CCN(CC4CCN(c5c(F)ccc6c5C(=O)N(C5CCC(=O)NC5=O)C6=O)CC4)CC3)cc2)C(C)(C)[C@H]1Oc1ccc(C#N)c(Cl)c1. The van der Waals surface area contributed by atoms with Crippen LogP contribution in [0.25, 0.3) is 0 Å². The van der Waals surface area contributed by atoms with Crippen LogP contribution in [0.4, 0.5) is 15.8 Å². The molecular weight excluding hydrogens is 789 g/mol. The van der Waals surface area contributed by atoms with Gasteiger partial charge in [-0.05, 0) is 73.7 Å². The number of ether oxygens (including phenoxy) is 1. The molecule has 5 aliphatic rings. The van der Waals surface area contributed by atoms with Crippen LogP contribution in [0.5, 0.6) is 5.75 Å². The van der Waals surface area contributed by atoms with Crippen molar-refractivity contribution in [2.24, 2.45) is 16.7 Å². The Balaban J connectivity index is 0.814. The molecule has 1 atom stereocenters. The van der Waals surface area contributed by atoms with E-state index in [1.165, 1.54) is 12.1 Å². The zero-order valence-electron chi connectivity index (χ0n) is 34.2. The van der Waals surface area contributed by atoms with Crippen molar-refractivity contribution in [3.8, 4) is 11.8 Å². The molecule has 15 heteroatoms. The summed E-state index contributed by atoms with van der Waals surface area (Å²) in [7, 11) is 0. The molecule has 314 valence electrons. The fourth-order valence-corrected chi connectivity index (χ4v) is 10.6. The van der Waals surface area contributed by atoms with Crippen molar-refractivity contribution in [3.63, 3.8) is 0 Å². The Kier molecular flexibility index (Phi) is 10.9. The molecule has 13 nitrogen and oxygen atoms in total. The number of rotatable bonds is 9. The van der Waals surface area contributed by atoms with Crippen LogP contribution in [-0.4, -0.2) is 103 Å². The largest absolute Gasteiger partial charge is 0.489 e. The van der Waals surface area contributed by atoms with Crippen molar-refractivity contribution < 1.29 is 33.1 Å². The Morgan fingerprint density at radius 2 is 1.58 bits per heavy atom. The van der Waals surface area contributed by atoms with Crippen molar-refractivity contribution in [1.82, 2.24) is 20.4 Å². The summed E-state index contributed by atoms with van der Waals surface area (Å²) >= 11 is 6.25. The third kappa shape index (κ3) is 7.36. The molecule has 8 rings (SSSR count). The highest BCUT2D eigenvalue weighted by Crippen LogP contribution is 2.55. The average Bonchev–Trinajstić information content (AvgIpc) is 3.47. The Morgan fingerprint density at radius 1 is 0.900 bits per heavy atom. The summed E-state index contributed by atoms with van der Waals surface area (Å²) in [6.07, 6.45) is 1.44. The number of hydrogen-bond donors (Lipinski definition) is 2. The molecule has 4 fully saturated rings. The average molecular weight is 838 g/mol. The van der Waals surface area contributed by atoms with E-state index in [9.17, 15) is 29.2 Å². The van der Waals surface area contributed by atoms with Crippen LogP contribution in [-0.2, 0) is 9.59 Å². The lowest BCUT2D eigenvalue weighted by molar-refractivity contribution is -0.164. The number of anilines is 2. The second-order valence-electron chi connectivity index (χ2n) is 17.8. The zero-order valence-corrected chi connectivity index (χ0v) is 35.0. The number of amides is 5. The van der Waals surface area contributed by atoms with E-state index in [2.05, 4.69) is 54.2 Å². The Hall–Kier alpha value is -5.52. The van der Waals surface area contributed by atoms with Crippen molar-refractivity contribution in [3.05, 3.63) is 87.7 Å². The van der Waals surface area contributed by atoms with Crippen LogP contribution >= 0.6 is 11.6 Å². The molecule has 3 aromatic carbocycles. The zero-order chi connectivity index (χ0) is 42.7. The van der Waals surface area contributed by atoms with Crippen LogP contribution in [0.2, 0.25) is 5.02 Å². The maximum atomic E-state index is 15.5. The molecule has 0 radical (unpaired) electrons. The Bertz CT molecular complexity index is 2280. The highest BCUT2D eigenvalue weighted by atomic mass is 35.5. The maximum Gasteiger partial charge on any atom is 0.264 e. The normalized spacial score (nSPS) is 24.1. The van der Waals surface area contributed by atoms with Gasteiger partial charge in [0.05, 0.1) is 27.4 Å². The molecule has 0 spiro atoms. The van der Waals surface area contributed by atoms with E-state index in [1.807, 2.05) is 29.2 Å². The first-order chi connectivity index (χ1) is 28.6. The number of hydrogen-bond acceptors (Lipinski definition) is 10. The van der Waals surface area contributed by atoms with Gasteiger partial charge in [-0.1, -0.05) is 39.3 Å². The van der Waals surface area contributed by atoms with Crippen molar-refractivity contribution >= 4 is 52.5 Å². The number of halogens is 2. The molecule has 1 saturated carbocycles. The molecule has 3 aromatic rings. The molecule has 0 bridgehead atoms. The summed E-state index contributed by atoms with van der Waals surface area (Å²) in [5, 5.41) is 15.0. The second kappa shape index (κ2) is 15.8. The minimum Gasteiger partial charge on any atom is -0.489 e. The number of imide groups is 2. The van der Waals surface area contributed by atoms with Crippen LogP contribution in [0.3, 0.4) is 0 Å². The van der Waals surface area contributed by atoms with Gasteiger partial charge in [-0.25, -0.2) is 4.39 Å². The van der Waals surface area contributed by atoms with Gasteiger partial charge in [0.15, 0.2) is 0 Å². The number of nitrogens with zero attached hydrogens (tertiary/aromatic N) is 5. The van der Waals surface area contributed by atoms with Crippen molar-refractivity contribution in [2.45, 2.75) is 71.6 Å². The lowest BCUT2D eigenvalue weighted by Gasteiger charge is -2.63. The van der Waals surface area contributed by atoms with E-state index in [0.717, 1.165) is 56.2 Å². The minimum atomic E-state index is -1.11. The number of fused-ring (bicyclic) bond motifs is 1. The van der Waals surface area contributed by atoms with Gasteiger partial charge in [0, 0.05) is 86.4 Å². The fourth-order valence-electron chi connectivity index (χ4n) is 10.4. The monoisotopic (exact) mass is 837 g/mol. The predicted molar refractivity (Wildman–Crippen MR) is 223 cm³/mol. The third-order valence-electron chi connectivity index (χ3n) is 13.3. The first kappa shape index (κ1) is 41.2. The number of nitriles is 1. The van der Waals surface area contributed by atoms with Crippen LogP contribution < -0.4 is 25.2 Å². The van der Waals surface area contributed by atoms with E-state index in [1.54, 1.807) is 18.2 Å². The van der Waals surface area contributed by atoms with Gasteiger partial charge < -0.3 is 19.9 Å². The van der Waals surface area contributed by atoms with E-state index in [4.69, 9.17) is 16.3 Å². The third-order valence-corrected chi connectivity index (χ3v) is 13.6. The number of benzene rings is 3. The van der Waals surface area contributed by atoms with Crippen molar-refractivity contribution in [1.29, 1.82) is 5.26 Å². The van der Waals surface area contributed by atoms with Crippen molar-refractivity contribution in [2.75, 3.05) is 55.6 Å². The molecule has 0 aromatic heterocycles. The molecule has 5 amide bonds. The highest BCUT2D eigenvalue weighted by molar-refractivity contribution is 6.31. The predicted octanol–water partition coefficient (Wildman–Crippen LogP) is 5.40. The molecule has 3 saturated heterocycles. The summed E-state index contributed by atoms with van der Waals surface area (Å²) in [5.74, 6) is -2.26. The summed E-state index contributed by atoms with van der Waals surface area (Å²) < 4.78 is 21.8. The second-order valence-corrected chi connectivity index (χ2v) is 18.2. The minimum absolute atomic E-state index is 0.00816. The van der Waals surface area contributed by atoms with E-state index >= 15 is 4.39 Å². The Morgan fingerprint density at radius 3 is 2.22 bits per heavy atom.